The molecule has 3 N–H and O–H groups in total. The molecular formula is C17H27N3. The van der Waals surface area contributed by atoms with Gasteiger partial charge in [0.2, 0.25) is 0 Å². The smallest absolute Gasteiger partial charge is 0.127 e. The fraction of sp³-hybridized carbons (Fsp3) is 0.588. The molecule has 1 aromatic rings. The summed E-state index contributed by atoms with van der Waals surface area (Å²) >= 11 is 0. The Morgan fingerprint density at radius 2 is 1.80 bits per heavy atom. The van der Waals surface area contributed by atoms with E-state index in [1.807, 2.05) is 0 Å². The van der Waals surface area contributed by atoms with Crippen LogP contribution in [0.2, 0.25) is 0 Å². The molecule has 1 aromatic carbocycles. The van der Waals surface area contributed by atoms with E-state index in [0.717, 1.165) is 0 Å². The lowest BCUT2D eigenvalue weighted by Gasteiger charge is -2.09. The van der Waals surface area contributed by atoms with Gasteiger partial charge in [0, 0.05) is 0 Å². The van der Waals surface area contributed by atoms with Crippen LogP contribution in [0.1, 0.15) is 62.7 Å². The summed E-state index contributed by atoms with van der Waals surface area (Å²) in [4.78, 5) is 4.38. The molecule has 1 unspecified atom stereocenters. The summed E-state index contributed by atoms with van der Waals surface area (Å²) in [5.41, 5.74) is 8.33. The molecule has 1 heterocycles. The van der Waals surface area contributed by atoms with Crippen molar-refractivity contribution in [1.82, 2.24) is 5.32 Å². The maximum Gasteiger partial charge on any atom is 0.127 e. The molecule has 1 atom stereocenters. The van der Waals surface area contributed by atoms with E-state index in [9.17, 15) is 0 Å². The number of hydrogen-bond acceptors (Lipinski definition) is 3. The van der Waals surface area contributed by atoms with Gasteiger partial charge in [0.15, 0.2) is 0 Å². The van der Waals surface area contributed by atoms with Crippen molar-refractivity contribution in [3.05, 3.63) is 35.4 Å². The zero-order chi connectivity index (χ0) is 14.2. The number of nitrogens with one attached hydrogen (secondary N) is 1. The lowest BCUT2D eigenvalue weighted by atomic mass is 10.0. The second kappa shape index (κ2) is 8.05. The highest BCUT2D eigenvalue weighted by molar-refractivity contribution is 5.84. The summed E-state index contributed by atoms with van der Waals surface area (Å²) in [6.45, 7) is 2.96. The van der Waals surface area contributed by atoms with Crippen LogP contribution < -0.4 is 11.1 Å². The van der Waals surface area contributed by atoms with Crippen LogP contribution in [-0.2, 0) is 6.42 Å². The highest BCUT2D eigenvalue weighted by Gasteiger charge is 2.15. The molecule has 0 bridgehead atoms. The van der Waals surface area contributed by atoms with E-state index in [1.165, 1.54) is 56.1 Å². The Morgan fingerprint density at radius 3 is 2.45 bits per heavy atom. The average molecular weight is 273 g/mol. The first-order valence-corrected chi connectivity index (χ1v) is 7.94. The summed E-state index contributed by atoms with van der Waals surface area (Å²) in [7, 11) is 0. The Morgan fingerprint density at radius 1 is 1.10 bits per heavy atom. The van der Waals surface area contributed by atoms with Gasteiger partial charge in [0.05, 0.1) is 6.54 Å². The second-order valence-electron chi connectivity index (χ2n) is 5.66. The van der Waals surface area contributed by atoms with Crippen LogP contribution in [0.4, 0.5) is 0 Å². The second-order valence-corrected chi connectivity index (χ2v) is 5.66. The third-order valence-corrected chi connectivity index (χ3v) is 3.89. The van der Waals surface area contributed by atoms with Gasteiger partial charge in [-0.05, 0) is 24.0 Å². The van der Waals surface area contributed by atoms with Crippen molar-refractivity contribution in [3.63, 3.8) is 0 Å². The van der Waals surface area contributed by atoms with Crippen molar-refractivity contribution in [2.75, 3.05) is 6.54 Å². The van der Waals surface area contributed by atoms with Crippen LogP contribution in [0.15, 0.2) is 29.3 Å². The zero-order valence-electron chi connectivity index (χ0n) is 12.6. The Hall–Kier alpha value is -1.35. The summed E-state index contributed by atoms with van der Waals surface area (Å²) in [6.07, 6.45) is 9.38. The van der Waals surface area contributed by atoms with Crippen molar-refractivity contribution >= 4 is 5.84 Å². The van der Waals surface area contributed by atoms with Crippen LogP contribution in [0.3, 0.4) is 0 Å². The SMILES string of the molecule is CCCCCCCCc1ccc(C2N=C(N)CN2)cc1. The molecule has 0 aromatic heterocycles. The maximum atomic E-state index is 5.70. The molecule has 1 aliphatic heterocycles. The Labute approximate surface area is 122 Å². The molecule has 0 spiro atoms. The number of aliphatic imine (C=N–C) groups is 1. The minimum atomic E-state index is 0.0538. The van der Waals surface area contributed by atoms with Crippen LogP contribution in [0.25, 0.3) is 0 Å². The lowest BCUT2D eigenvalue weighted by molar-refractivity contribution is 0.607. The molecule has 0 amide bonds. The number of amidine groups is 1. The van der Waals surface area contributed by atoms with E-state index in [4.69, 9.17) is 5.73 Å². The molecule has 110 valence electrons. The van der Waals surface area contributed by atoms with Crippen molar-refractivity contribution in [2.45, 2.75) is 58.0 Å². The lowest BCUT2D eigenvalue weighted by Crippen LogP contribution is -2.21. The molecule has 2 rings (SSSR count). The first-order chi connectivity index (χ1) is 9.79. The average Bonchev–Trinajstić information content (AvgIpc) is 2.90. The normalized spacial score (nSPS) is 18.2. The number of nitrogens with two attached hydrogens (primary N) is 1. The topological polar surface area (TPSA) is 50.4 Å². The van der Waals surface area contributed by atoms with Crippen LogP contribution in [0, 0.1) is 0 Å². The van der Waals surface area contributed by atoms with E-state index >= 15 is 0 Å². The van der Waals surface area contributed by atoms with Crippen LogP contribution >= 0.6 is 0 Å². The number of rotatable bonds is 8. The summed E-state index contributed by atoms with van der Waals surface area (Å²) < 4.78 is 0. The molecule has 1 aliphatic rings. The number of benzene rings is 1. The zero-order valence-corrected chi connectivity index (χ0v) is 12.6. The van der Waals surface area contributed by atoms with Crippen LogP contribution in [-0.4, -0.2) is 12.4 Å². The van der Waals surface area contributed by atoms with Crippen molar-refractivity contribution < 1.29 is 0 Å². The first-order valence-electron chi connectivity index (χ1n) is 7.94. The third-order valence-electron chi connectivity index (χ3n) is 3.89. The summed E-state index contributed by atoms with van der Waals surface area (Å²) in [5.74, 6) is 0.700. The standard InChI is InChI=1S/C17H27N3/c1-2-3-4-5-6-7-8-14-9-11-15(12-10-14)17-19-13-16(18)20-17/h9-12,17,19H,2-8,13H2,1H3,(H2,18,20). The van der Waals surface area contributed by atoms with E-state index in [1.54, 1.807) is 0 Å². The van der Waals surface area contributed by atoms with Gasteiger partial charge in [-0.1, -0.05) is 63.3 Å². The van der Waals surface area contributed by atoms with E-state index < -0.39 is 0 Å². The third kappa shape index (κ3) is 4.64. The van der Waals surface area contributed by atoms with Gasteiger partial charge in [-0.3, -0.25) is 5.32 Å². The van der Waals surface area contributed by atoms with Gasteiger partial charge in [-0.2, -0.15) is 0 Å². The predicted molar refractivity (Wildman–Crippen MR) is 85.9 cm³/mol. The molecule has 0 aliphatic carbocycles. The molecule has 0 saturated carbocycles. The molecule has 0 saturated heterocycles. The first kappa shape index (κ1) is 15.0. The van der Waals surface area contributed by atoms with E-state index in [-0.39, 0.29) is 6.17 Å². The quantitative estimate of drug-likeness (QED) is 0.712. The minimum absolute atomic E-state index is 0.0538. The number of hydrogen-bond donors (Lipinski definition) is 2. The van der Waals surface area contributed by atoms with Crippen molar-refractivity contribution in [3.8, 4) is 0 Å². The fourth-order valence-electron chi connectivity index (χ4n) is 2.63. The molecule has 0 fully saturated rings. The Kier molecular flexibility index (Phi) is 6.06. The number of nitrogens with zero attached hydrogens (tertiary/aromatic N) is 1. The monoisotopic (exact) mass is 273 g/mol. The van der Waals surface area contributed by atoms with Gasteiger partial charge >= 0.3 is 0 Å². The number of unbranched alkanes of at least 4 members (excludes halogenated alkanes) is 5. The van der Waals surface area contributed by atoms with Crippen molar-refractivity contribution in [1.29, 1.82) is 0 Å². The molecule has 20 heavy (non-hydrogen) atoms. The highest BCUT2D eigenvalue weighted by Crippen LogP contribution is 2.19. The van der Waals surface area contributed by atoms with E-state index in [2.05, 4.69) is 41.5 Å². The van der Waals surface area contributed by atoms with Gasteiger partial charge < -0.3 is 5.73 Å². The van der Waals surface area contributed by atoms with Crippen molar-refractivity contribution in [2.24, 2.45) is 10.7 Å². The molecule has 3 heteroatoms. The summed E-state index contributed by atoms with van der Waals surface area (Å²) in [6, 6.07) is 8.80. The fourth-order valence-corrected chi connectivity index (χ4v) is 2.63. The van der Waals surface area contributed by atoms with Gasteiger partial charge in [-0.25, -0.2) is 4.99 Å². The largest absolute Gasteiger partial charge is 0.386 e. The molecule has 3 nitrogen and oxygen atoms in total. The Balaban J connectivity index is 1.72. The number of aryl methyl sites for hydroxylation is 1. The predicted octanol–water partition coefficient (Wildman–Crippen LogP) is 3.55. The molecular weight excluding hydrogens is 246 g/mol. The maximum absolute atomic E-state index is 5.70. The van der Waals surface area contributed by atoms with Crippen LogP contribution in [0.5, 0.6) is 0 Å². The highest BCUT2D eigenvalue weighted by atomic mass is 15.2. The molecule has 0 radical (unpaired) electrons. The van der Waals surface area contributed by atoms with Gasteiger partial charge in [0.25, 0.3) is 0 Å². The van der Waals surface area contributed by atoms with Gasteiger partial charge in [-0.15, -0.1) is 0 Å². The van der Waals surface area contributed by atoms with Gasteiger partial charge in [0.1, 0.15) is 12.0 Å². The minimum Gasteiger partial charge on any atom is -0.386 e. The van der Waals surface area contributed by atoms with E-state index in [0.29, 0.717) is 12.4 Å². The summed E-state index contributed by atoms with van der Waals surface area (Å²) in [5, 5.41) is 3.29. The Bertz CT molecular complexity index is 422.